The SMILES string of the molecule is COc1ccc(S(=O)(=O)N2CCCCCC2)cc1C(=O)NCCCS(=O)(=O)c1ccccc1. The standard InChI is InChI=1S/C23H30N2O6S2/c1-31-22-13-12-20(33(29,30)25-15-7-2-3-8-16-25)18-21(22)23(26)24-14-9-17-32(27,28)19-10-5-4-6-11-19/h4-6,10-13,18H,2-3,7-9,14-17H2,1H3,(H,24,26). The summed E-state index contributed by atoms with van der Waals surface area (Å²) in [4.78, 5) is 13.1. The number of sulfonamides is 1. The minimum atomic E-state index is -3.72. The molecule has 0 spiro atoms. The van der Waals surface area contributed by atoms with E-state index in [0.717, 1.165) is 25.7 Å². The van der Waals surface area contributed by atoms with E-state index in [2.05, 4.69) is 5.32 Å². The van der Waals surface area contributed by atoms with E-state index in [1.807, 2.05) is 0 Å². The number of benzene rings is 2. The van der Waals surface area contributed by atoms with Crippen molar-refractivity contribution < 1.29 is 26.4 Å². The van der Waals surface area contributed by atoms with Crippen LogP contribution in [0.3, 0.4) is 0 Å². The van der Waals surface area contributed by atoms with Crippen molar-refractivity contribution in [2.24, 2.45) is 0 Å². The maximum absolute atomic E-state index is 13.1. The molecule has 0 aromatic heterocycles. The van der Waals surface area contributed by atoms with Crippen LogP contribution in [0.1, 0.15) is 42.5 Å². The highest BCUT2D eigenvalue weighted by Crippen LogP contribution is 2.26. The van der Waals surface area contributed by atoms with Gasteiger partial charge in [-0.1, -0.05) is 31.0 Å². The molecule has 180 valence electrons. The van der Waals surface area contributed by atoms with Crippen LogP contribution in [0.5, 0.6) is 5.75 Å². The number of hydrogen-bond acceptors (Lipinski definition) is 6. The second-order valence-electron chi connectivity index (χ2n) is 7.92. The molecule has 33 heavy (non-hydrogen) atoms. The summed E-state index contributed by atoms with van der Waals surface area (Å²) in [5, 5.41) is 2.67. The maximum Gasteiger partial charge on any atom is 0.255 e. The molecule has 3 rings (SSSR count). The van der Waals surface area contributed by atoms with Gasteiger partial charge in [-0.05, 0) is 49.6 Å². The van der Waals surface area contributed by atoms with Crippen LogP contribution >= 0.6 is 0 Å². The lowest BCUT2D eigenvalue weighted by molar-refractivity contribution is 0.0950. The van der Waals surface area contributed by atoms with Crippen LogP contribution in [0.25, 0.3) is 0 Å². The Morgan fingerprint density at radius 1 is 0.939 bits per heavy atom. The Labute approximate surface area is 195 Å². The Balaban J connectivity index is 1.68. The molecule has 1 amide bonds. The zero-order valence-electron chi connectivity index (χ0n) is 18.7. The third kappa shape index (κ3) is 6.33. The van der Waals surface area contributed by atoms with Gasteiger partial charge in [0.25, 0.3) is 5.91 Å². The van der Waals surface area contributed by atoms with Crippen molar-refractivity contribution in [1.82, 2.24) is 9.62 Å². The van der Waals surface area contributed by atoms with Crippen LogP contribution in [0.2, 0.25) is 0 Å². The molecule has 0 atom stereocenters. The minimum Gasteiger partial charge on any atom is -0.496 e. The number of carbonyl (C=O) groups excluding carboxylic acids is 1. The predicted octanol–water partition coefficient (Wildman–Crippen LogP) is 2.85. The maximum atomic E-state index is 13.1. The molecular weight excluding hydrogens is 464 g/mol. The fourth-order valence-corrected chi connectivity index (χ4v) is 6.64. The average Bonchev–Trinajstić information content (AvgIpc) is 3.12. The van der Waals surface area contributed by atoms with Crippen molar-refractivity contribution in [3.63, 3.8) is 0 Å². The third-order valence-electron chi connectivity index (χ3n) is 5.60. The summed E-state index contributed by atoms with van der Waals surface area (Å²) >= 11 is 0. The van der Waals surface area contributed by atoms with Crippen molar-refractivity contribution >= 4 is 25.8 Å². The zero-order valence-corrected chi connectivity index (χ0v) is 20.3. The Hall–Kier alpha value is -2.43. The molecule has 1 aliphatic heterocycles. The van der Waals surface area contributed by atoms with E-state index in [0.29, 0.717) is 13.1 Å². The number of rotatable bonds is 9. The molecule has 0 saturated carbocycles. The van der Waals surface area contributed by atoms with E-state index in [9.17, 15) is 21.6 Å². The van der Waals surface area contributed by atoms with Crippen molar-refractivity contribution in [2.45, 2.75) is 41.9 Å². The molecule has 1 aliphatic rings. The van der Waals surface area contributed by atoms with E-state index in [1.165, 1.54) is 41.7 Å². The van der Waals surface area contributed by atoms with Gasteiger partial charge in [0.05, 0.1) is 28.2 Å². The summed E-state index contributed by atoms with van der Waals surface area (Å²) in [7, 11) is -5.76. The molecule has 0 radical (unpaired) electrons. The van der Waals surface area contributed by atoms with Gasteiger partial charge in [0.15, 0.2) is 9.84 Å². The van der Waals surface area contributed by atoms with E-state index in [4.69, 9.17) is 4.74 Å². The number of hydrogen-bond donors (Lipinski definition) is 1. The Bertz CT molecular complexity index is 1160. The van der Waals surface area contributed by atoms with Gasteiger partial charge < -0.3 is 10.1 Å². The smallest absolute Gasteiger partial charge is 0.255 e. The summed E-state index contributed by atoms with van der Waals surface area (Å²) in [6.45, 7) is 1.05. The van der Waals surface area contributed by atoms with Gasteiger partial charge in [-0.15, -0.1) is 0 Å². The molecule has 8 nitrogen and oxygen atoms in total. The lowest BCUT2D eigenvalue weighted by atomic mass is 10.2. The molecule has 10 heteroatoms. The van der Waals surface area contributed by atoms with Gasteiger partial charge in [0.2, 0.25) is 10.0 Å². The van der Waals surface area contributed by atoms with Crippen molar-refractivity contribution in [3.8, 4) is 5.75 Å². The van der Waals surface area contributed by atoms with Crippen molar-refractivity contribution in [2.75, 3.05) is 32.5 Å². The molecule has 0 aliphatic carbocycles. The molecule has 0 unspecified atom stereocenters. The normalized spacial score (nSPS) is 15.5. The van der Waals surface area contributed by atoms with E-state index < -0.39 is 25.8 Å². The van der Waals surface area contributed by atoms with E-state index in [-0.39, 0.29) is 39.8 Å². The van der Waals surface area contributed by atoms with E-state index in [1.54, 1.807) is 18.2 Å². The van der Waals surface area contributed by atoms with Crippen LogP contribution in [0.4, 0.5) is 0 Å². The lowest BCUT2D eigenvalue weighted by Gasteiger charge is -2.20. The van der Waals surface area contributed by atoms with Crippen LogP contribution in [-0.2, 0) is 19.9 Å². The quantitative estimate of drug-likeness (QED) is 0.537. The van der Waals surface area contributed by atoms with Crippen LogP contribution < -0.4 is 10.1 Å². The first-order chi connectivity index (χ1) is 15.8. The zero-order chi connectivity index (χ0) is 23.9. The van der Waals surface area contributed by atoms with Gasteiger partial charge in [-0.3, -0.25) is 4.79 Å². The molecule has 1 heterocycles. The molecule has 2 aromatic rings. The topological polar surface area (TPSA) is 110 Å². The summed E-state index contributed by atoms with van der Waals surface area (Å²) in [5.41, 5.74) is 0.0966. The molecule has 1 N–H and O–H groups in total. The number of sulfone groups is 1. The van der Waals surface area contributed by atoms with Gasteiger partial charge in [-0.2, -0.15) is 4.31 Å². The largest absolute Gasteiger partial charge is 0.496 e. The average molecular weight is 495 g/mol. The van der Waals surface area contributed by atoms with Crippen molar-refractivity contribution in [3.05, 3.63) is 54.1 Å². The number of methoxy groups -OCH3 is 1. The molecule has 0 bridgehead atoms. The lowest BCUT2D eigenvalue weighted by Crippen LogP contribution is -2.32. The molecule has 1 saturated heterocycles. The molecule has 1 fully saturated rings. The fourth-order valence-electron chi connectivity index (χ4n) is 3.76. The summed E-state index contributed by atoms with van der Waals surface area (Å²) in [6.07, 6.45) is 3.85. The van der Waals surface area contributed by atoms with Crippen LogP contribution in [-0.4, -0.2) is 59.5 Å². The second-order valence-corrected chi connectivity index (χ2v) is 12.0. The number of nitrogens with zero attached hydrogens (tertiary/aromatic N) is 1. The molecular formula is C23H30N2O6S2. The minimum absolute atomic E-state index is 0.0435. The number of nitrogens with one attached hydrogen (secondary N) is 1. The predicted molar refractivity (Wildman–Crippen MR) is 126 cm³/mol. The summed E-state index contributed by atoms with van der Waals surface area (Å²) in [6, 6.07) is 12.4. The van der Waals surface area contributed by atoms with Crippen LogP contribution in [0.15, 0.2) is 58.3 Å². The van der Waals surface area contributed by atoms with Crippen LogP contribution in [0, 0.1) is 0 Å². The van der Waals surface area contributed by atoms with Gasteiger partial charge >= 0.3 is 0 Å². The number of ether oxygens (including phenoxy) is 1. The van der Waals surface area contributed by atoms with Gasteiger partial charge in [-0.25, -0.2) is 16.8 Å². The Kier molecular flexibility index (Phi) is 8.50. The monoisotopic (exact) mass is 494 g/mol. The summed E-state index contributed by atoms with van der Waals surface area (Å²) in [5.74, 6) is -0.381. The van der Waals surface area contributed by atoms with E-state index >= 15 is 0 Å². The fraction of sp³-hybridized carbons (Fsp3) is 0.435. The first-order valence-electron chi connectivity index (χ1n) is 11.0. The number of carbonyl (C=O) groups is 1. The second kappa shape index (κ2) is 11.1. The van der Waals surface area contributed by atoms with Crippen molar-refractivity contribution in [1.29, 1.82) is 0 Å². The third-order valence-corrected chi connectivity index (χ3v) is 9.31. The highest BCUT2D eigenvalue weighted by molar-refractivity contribution is 7.91. The first-order valence-corrected chi connectivity index (χ1v) is 14.1. The highest BCUT2D eigenvalue weighted by Gasteiger charge is 2.27. The first kappa shape index (κ1) is 25.2. The highest BCUT2D eigenvalue weighted by atomic mass is 32.2. The van der Waals surface area contributed by atoms with Gasteiger partial charge in [0, 0.05) is 19.6 Å². The Morgan fingerprint density at radius 2 is 1.61 bits per heavy atom. The Morgan fingerprint density at radius 3 is 2.24 bits per heavy atom. The van der Waals surface area contributed by atoms with Gasteiger partial charge in [0.1, 0.15) is 5.75 Å². The molecule has 2 aromatic carbocycles. The summed E-state index contributed by atoms with van der Waals surface area (Å²) < 4.78 is 57.7. The number of amides is 1.